The van der Waals surface area contributed by atoms with Gasteiger partial charge in [0.2, 0.25) is 0 Å². The molecule has 0 aliphatic carbocycles. The topological polar surface area (TPSA) is 29.3 Å². The fourth-order valence-electron chi connectivity index (χ4n) is 2.70. The molecular weight excluding hydrogens is 232 g/mol. The van der Waals surface area contributed by atoms with Crippen molar-refractivity contribution in [3.8, 4) is 0 Å². The van der Waals surface area contributed by atoms with Crippen molar-refractivity contribution in [2.24, 2.45) is 5.92 Å². The van der Waals surface area contributed by atoms with Crippen molar-refractivity contribution in [3.05, 3.63) is 22.7 Å². The van der Waals surface area contributed by atoms with Crippen molar-refractivity contribution in [2.45, 2.75) is 33.1 Å². The molecule has 0 saturated carbocycles. The number of benzene rings is 1. The number of halogens is 1. The van der Waals surface area contributed by atoms with E-state index in [4.69, 9.17) is 17.3 Å². The molecule has 1 aliphatic rings. The van der Waals surface area contributed by atoms with E-state index in [-0.39, 0.29) is 0 Å². The zero-order chi connectivity index (χ0) is 12.4. The largest absolute Gasteiger partial charge is 0.399 e. The smallest absolute Gasteiger partial charge is 0.0662 e. The molecule has 94 valence electrons. The third-order valence-corrected chi connectivity index (χ3v) is 3.81. The minimum atomic E-state index is 0.752. The van der Waals surface area contributed by atoms with Gasteiger partial charge in [-0.2, -0.15) is 0 Å². The number of hydrogen-bond donors (Lipinski definition) is 1. The van der Waals surface area contributed by atoms with Crippen LogP contribution in [0.5, 0.6) is 0 Å². The molecule has 0 amide bonds. The van der Waals surface area contributed by atoms with Gasteiger partial charge < -0.3 is 10.6 Å². The Morgan fingerprint density at radius 2 is 2.24 bits per heavy atom. The number of hydrogen-bond acceptors (Lipinski definition) is 2. The minimum Gasteiger partial charge on any atom is -0.399 e. The average Bonchev–Trinajstić information content (AvgIpc) is 2.27. The first-order valence-electron chi connectivity index (χ1n) is 6.44. The first-order valence-corrected chi connectivity index (χ1v) is 6.82. The van der Waals surface area contributed by atoms with Gasteiger partial charge in [0.05, 0.1) is 10.7 Å². The van der Waals surface area contributed by atoms with E-state index in [2.05, 4.69) is 24.8 Å². The van der Waals surface area contributed by atoms with Crippen LogP contribution in [0.2, 0.25) is 5.02 Å². The Balaban J connectivity index is 2.36. The molecule has 1 aromatic carbocycles. The quantitative estimate of drug-likeness (QED) is 0.813. The highest BCUT2D eigenvalue weighted by Gasteiger charge is 2.20. The molecule has 0 spiro atoms. The summed E-state index contributed by atoms with van der Waals surface area (Å²) >= 11 is 6.37. The number of rotatable bonds is 2. The van der Waals surface area contributed by atoms with Crippen LogP contribution >= 0.6 is 11.6 Å². The Hall–Kier alpha value is -0.890. The molecular formula is C14H21ClN2. The van der Waals surface area contributed by atoms with E-state index in [1.54, 1.807) is 0 Å². The van der Waals surface area contributed by atoms with Gasteiger partial charge >= 0.3 is 0 Å². The fraction of sp³-hybridized carbons (Fsp3) is 0.571. The van der Waals surface area contributed by atoms with Crippen molar-refractivity contribution in [2.75, 3.05) is 23.7 Å². The standard InChI is InChI=1S/C14H21ClN2/c1-3-11-7-12(16)8-13(15)14(11)17-6-4-5-10(2)9-17/h7-8,10H,3-6,9,16H2,1-2H3/t10-/m0/s1. The number of anilines is 2. The normalized spacial score (nSPS) is 20.6. The van der Waals surface area contributed by atoms with Crippen molar-refractivity contribution in [1.82, 2.24) is 0 Å². The molecule has 0 bridgehead atoms. The van der Waals surface area contributed by atoms with E-state index < -0.39 is 0 Å². The Labute approximate surface area is 109 Å². The summed E-state index contributed by atoms with van der Waals surface area (Å²) in [6.45, 7) is 6.68. The third kappa shape index (κ3) is 2.68. The van der Waals surface area contributed by atoms with Crippen molar-refractivity contribution >= 4 is 23.0 Å². The molecule has 1 atom stereocenters. The van der Waals surface area contributed by atoms with Gasteiger partial charge in [0, 0.05) is 18.8 Å². The summed E-state index contributed by atoms with van der Waals surface area (Å²) in [5.41, 5.74) is 9.09. The van der Waals surface area contributed by atoms with E-state index in [1.165, 1.54) is 24.1 Å². The summed E-state index contributed by atoms with van der Waals surface area (Å²) in [5, 5.41) is 0.802. The first-order chi connectivity index (χ1) is 8.11. The molecule has 0 unspecified atom stereocenters. The lowest BCUT2D eigenvalue weighted by Crippen LogP contribution is -2.35. The van der Waals surface area contributed by atoms with Crippen molar-refractivity contribution in [3.63, 3.8) is 0 Å². The van der Waals surface area contributed by atoms with Crippen LogP contribution in [0.3, 0.4) is 0 Å². The lowest BCUT2D eigenvalue weighted by atomic mass is 9.98. The Morgan fingerprint density at radius 1 is 1.47 bits per heavy atom. The maximum Gasteiger partial charge on any atom is 0.0662 e. The van der Waals surface area contributed by atoms with E-state index >= 15 is 0 Å². The third-order valence-electron chi connectivity index (χ3n) is 3.52. The highest BCUT2D eigenvalue weighted by molar-refractivity contribution is 6.33. The molecule has 2 N–H and O–H groups in total. The summed E-state index contributed by atoms with van der Waals surface area (Å²) < 4.78 is 0. The van der Waals surface area contributed by atoms with E-state index in [1.807, 2.05) is 6.07 Å². The van der Waals surface area contributed by atoms with Gasteiger partial charge in [0.15, 0.2) is 0 Å². The van der Waals surface area contributed by atoms with Gasteiger partial charge in [0.1, 0.15) is 0 Å². The van der Waals surface area contributed by atoms with E-state index in [0.717, 1.165) is 36.1 Å². The van der Waals surface area contributed by atoms with Crippen LogP contribution in [0.15, 0.2) is 12.1 Å². The Bertz CT molecular complexity index is 403. The zero-order valence-electron chi connectivity index (χ0n) is 10.7. The predicted octanol–water partition coefficient (Wildman–Crippen LogP) is 3.72. The number of nitrogens with two attached hydrogens (primary N) is 1. The SMILES string of the molecule is CCc1cc(N)cc(Cl)c1N1CCC[C@H](C)C1. The van der Waals surface area contributed by atoms with Gasteiger partial charge in [-0.3, -0.25) is 0 Å². The summed E-state index contributed by atoms with van der Waals surface area (Å²) in [4.78, 5) is 2.43. The van der Waals surface area contributed by atoms with E-state index in [9.17, 15) is 0 Å². The second-order valence-corrected chi connectivity index (χ2v) is 5.46. The average molecular weight is 253 g/mol. The number of piperidine rings is 1. The molecule has 17 heavy (non-hydrogen) atoms. The summed E-state index contributed by atoms with van der Waals surface area (Å²) in [5.74, 6) is 0.752. The Kier molecular flexibility index (Phi) is 3.82. The monoisotopic (exact) mass is 252 g/mol. The first kappa shape index (κ1) is 12.6. The van der Waals surface area contributed by atoms with Crippen LogP contribution in [0.25, 0.3) is 0 Å². The van der Waals surface area contributed by atoms with E-state index in [0.29, 0.717) is 0 Å². The highest BCUT2D eigenvalue weighted by atomic mass is 35.5. The van der Waals surface area contributed by atoms with Crippen LogP contribution in [0, 0.1) is 5.92 Å². The molecule has 1 aromatic rings. The number of nitrogens with zero attached hydrogens (tertiary/aromatic N) is 1. The summed E-state index contributed by atoms with van der Waals surface area (Å²) in [6.07, 6.45) is 3.56. The molecule has 3 heteroatoms. The molecule has 1 aliphatic heterocycles. The van der Waals surface area contributed by atoms with Gasteiger partial charge in [-0.1, -0.05) is 25.4 Å². The van der Waals surface area contributed by atoms with Gasteiger partial charge in [0.25, 0.3) is 0 Å². The lowest BCUT2D eigenvalue weighted by molar-refractivity contribution is 0.446. The number of nitrogen functional groups attached to an aromatic ring is 1. The van der Waals surface area contributed by atoms with Crippen LogP contribution in [0.1, 0.15) is 32.3 Å². The minimum absolute atomic E-state index is 0.752. The molecule has 2 rings (SSSR count). The summed E-state index contributed by atoms with van der Waals surface area (Å²) in [7, 11) is 0. The molecule has 0 aromatic heterocycles. The van der Waals surface area contributed by atoms with Crippen LogP contribution in [-0.2, 0) is 6.42 Å². The van der Waals surface area contributed by atoms with Crippen LogP contribution in [-0.4, -0.2) is 13.1 Å². The van der Waals surface area contributed by atoms with Crippen LogP contribution < -0.4 is 10.6 Å². The predicted molar refractivity (Wildman–Crippen MR) is 75.9 cm³/mol. The number of aryl methyl sites for hydroxylation is 1. The second-order valence-electron chi connectivity index (χ2n) is 5.06. The van der Waals surface area contributed by atoms with Crippen LogP contribution in [0.4, 0.5) is 11.4 Å². The zero-order valence-corrected chi connectivity index (χ0v) is 11.4. The second kappa shape index (κ2) is 5.18. The maximum atomic E-state index is 6.37. The fourth-order valence-corrected chi connectivity index (χ4v) is 3.06. The van der Waals surface area contributed by atoms with Crippen molar-refractivity contribution < 1.29 is 0 Å². The van der Waals surface area contributed by atoms with Crippen molar-refractivity contribution in [1.29, 1.82) is 0 Å². The van der Waals surface area contributed by atoms with Gasteiger partial charge in [-0.25, -0.2) is 0 Å². The van der Waals surface area contributed by atoms with Gasteiger partial charge in [-0.15, -0.1) is 0 Å². The Morgan fingerprint density at radius 3 is 2.88 bits per heavy atom. The molecule has 0 radical (unpaired) electrons. The molecule has 1 heterocycles. The lowest BCUT2D eigenvalue weighted by Gasteiger charge is -2.34. The maximum absolute atomic E-state index is 6.37. The molecule has 2 nitrogen and oxygen atoms in total. The molecule has 1 fully saturated rings. The van der Waals surface area contributed by atoms with Gasteiger partial charge in [-0.05, 0) is 42.9 Å². The summed E-state index contributed by atoms with van der Waals surface area (Å²) in [6, 6.07) is 3.93. The highest BCUT2D eigenvalue weighted by Crippen LogP contribution is 2.35. The molecule has 1 saturated heterocycles.